The molecule has 0 spiro atoms. The minimum atomic E-state index is 0.688. The molecular formula is C19H15Cl2N. The Balaban J connectivity index is 1.69. The van der Waals surface area contributed by atoms with E-state index in [4.69, 9.17) is 23.2 Å². The number of nitrogens with zero attached hydrogens (tertiary/aromatic N) is 1. The van der Waals surface area contributed by atoms with Gasteiger partial charge in [-0.2, -0.15) is 0 Å². The lowest BCUT2D eigenvalue weighted by Gasteiger charge is -2.05. The summed E-state index contributed by atoms with van der Waals surface area (Å²) < 4.78 is 0. The lowest BCUT2D eigenvalue weighted by Crippen LogP contribution is -1.92. The summed E-state index contributed by atoms with van der Waals surface area (Å²) in [7, 11) is 0. The largest absolute Gasteiger partial charge is 0.256 e. The van der Waals surface area contributed by atoms with E-state index in [1.807, 2.05) is 36.5 Å². The molecule has 0 bridgehead atoms. The molecule has 0 N–H and O–H groups in total. The molecule has 0 unspecified atom stereocenters. The molecule has 1 heterocycles. The van der Waals surface area contributed by atoms with Gasteiger partial charge in [0.15, 0.2) is 0 Å². The average molecular weight is 328 g/mol. The summed E-state index contributed by atoms with van der Waals surface area (Å²) in [6, 6.07) is 20.2. The summed E-state index contributed by atoms with van der Waals surface area (Å²) in [6.45, 7) is 0. The SMILES string of the molecule is Clc1cc(Cl)cc(CCc2ccc(-c3ccccn3)cc2)c1. The molecule has 0 atom stereocenters. The van der Waals surface area contributed by atoms with Gasteiger partial charge in [-0.1, -0.05) is 53.5 Å². The predicted octanol–water partition coefficient (Wildman–Crippen LogP) is 5.84. The van der Waals surface area contributed by atoms with E-state index >= 15 is 0 Å². The van der Waals surface area contributed by atoms with Crippen LogP contribution in [0.4, 0.5) is 0 Å². The summed E-state index contributed by atoms with van der Waals surface area (Å²) in [5.74, 6) is 0. The second-order valence-electron chi connectivity index (χ2n) is 5.19. The van der Waals surface area contributed by atoms with Crippen molar-refractivity contribution >= 4 is 23.2 Å². The molecule has 3 aromatic rings. The molecule has 22 heavy (non-hydrogen) atoms. The number of halogens is 2. The van der Waals surface area contributed by atoms with Crippen LogP contribution in [0.1, 0.15) is 11.1 Å². The van der Waals surface area contributed by atoms with Crippen LogP contribution < -0.4 is 0 Å². The highest BCUT2D eigenvalue weighted by Gasteiger charge is 2.02. The number of hydrogen-bond donors (Lipinski definition) is 0. The van der Waals surface area contributed by atoms with Crippen molar-refractivity contribution in [1.82, 2.24) is 4.98 Å². The molecule has 0 saturated heterocycles. The van der Waals surface area contributed by atoms with E-state index in [1.54, 1.807) is 6.07 Å². The van der Waals surface area contributed by atoms with Crippen molar-refractivity contribution in [3.8, 4) is 11.3 Å². The predicted molar refractivity (Wildman–Crippen MR) is 93.5 cm³/mol. The highest BCUT2D eigenvalue weighted by Crippen LogP contribution is 2.21. The number of pyridine rings is 1. The van der Waals surface area contributed by atoms with Crippen LogP contribution in [0, 0.1) is 0 Å². The summed E-state index contributed by atoms with van der Waals surface area (Å²) in [4.78, 5) is 4.36. The number of aryl methyl sites for hydroxylation is 2. The zero-order chi connectivity index (χ0) is 15.4. The van der Waals surface area contributed by atoms with Crippen molar-refractivity contribution in [2.45, 2.75) is 12.8 Å². The van der Waals surface area contributed by atoms with Crippen LogP contribution in [0.25, 0.3) is 11.3 Å². The Kier molecular flexibility index (Phi) is 4.77. The Morgan fingerprint density at radius 3 is 2.05 bits per heavy atom. The Bertz CT molecular complexity index is 732. The summed E-state index contributed by atoms with van der Waals surface area (Å²) in [6.07, 6.45) is 3.69. The number of rotatable bonds is 4. The standard InChI is InChI=1S/C19H15Cl2N/c20-17-11-15(12-18(21)13-17)5-4-14-6-8-16(9-7-14)19-3-1-2-10-22-19/h1-3,6-13H,4-5H2. The molecule has 0 amide bonds. The molecule has 0 saturated carbocycles. The Hall–Kier alpha value is -1.83. The van der Waals surface area contributed by atoms with Crippen LogP contribution in [0.5, 0.6) is 0 Å². The molecule has 1 aromatic heterocycles. The zero-order valence-corrected chi connectivity index (χ0v) is 13.5. The molecule has 110 valence electrons. The van der Waals surface area contributed by atoms with Gasteiger partial charge in [-0.25, -0.2) is 0 Å². The maximum absolute atomic E-state index is 6.03. The van der Waals surface area contributed by atoms with Crippen molar-refractivity contribution < 1.29 is 0 Å². The molecule has 0 aliphatic heterocycles. The number of aromatic nitrogens is 1. The van der Waals surface area contributed by atoms with Gasteiger partial charge in [0.2, 0.25) is 0 Å². The van der Waals surface area contributed by atoms with Gasteiger partial charge in [-0.3, -0.25) is 4.98 Å². The Morgan fingerprint density at radius 2 is 1.41 bits per heavy atom. The second kappa shape index (κ2) is 6.95. The van der Waals surface area contributed by atoms with Crippen LogP contribution in [0.2, 0.25) is 10.0 Å². The van der Waals surface area contributed by atoms with Gasteiger partial charge in [-0.05, 0) is 54.3 Å². The lowest BCUT2D eigenvalue weighted by atomic mass is 10.0. The maximum atomic E-state index is 6.03. The topological polar surface area (TPSA) is 12.9 Å². The third-order valence-electron chi connectivity index (χ3n) is 3.54. The maximum Gasteiger partial charge on any atom is 0.0701 e. The average Bonchev–Trinajstić information content (AvgIpc) is 2.53. The van der Waals surface area contributed by atoms with E-state index < -0.39 is 0 Å². The summed E-state index contributed by atoms with van der Waals surface area (Å²) in [5, 5.41) is 1.38. The van der Waals surface area contributed by atoms with E-state index in [9.17, 15) is 0 Å². The molecular weight excluding hydrogens is 313 g/mol. The minimum absolute atomic E-state index is 0.688. The van der Waals surface area contributed by atoms with Crippen molar-refractivity contribution in [2.75, 3.05) is 0 Å². The minimum Gasteiger partial charge on any atom is -0.256 e. The quantitative estimate of drug-likeness (QED) is 0.586. The highest BCUT2D eigenvalue weighted by atomic mass is 35.5. The van der Waals surface area contributed by atoms with E-state index in [2.05, 4.69) is 29.2 Å². The van der Waals surface area contributed by atoms with E-state index in [0.717, 1.165) is 29.7 Å². The first-order valence-corrected chi connectivity index (χ1v) is 7.91. The molecule has 1 nitrogen and oxygen atoms in total. The van der Waals surface area contributed by atoms with E-state index in [-0.39, 0.29) is 0 Å². The van der Waals surface area contributed by atoms with Gasteiger partial charge in [0.25, 0.3) is 0 Å². The first-order chi connectivity index (χ1) is 10.7. The van der Waals surface area contributed by atoms with Crippen LogP contribution in [0.3, 0.4) is 0 Å². The normalized spacial score (nSPS) is 10.6. The molecule has 0 fully saturated rings. The molecule has 0 radical (unpaired) electrons. The molecule has 0 aliphatic carbocycles. The zero-order valence-electron chi connectivity index (χ0n) is 12.0. The fraction of sp³-hybridized carbons (Fsp3) is 0.105. The fourth-order valence-corrected chi connectivity index (χ4v) is 2.99. The van der Waals surface area contributed by atoms with E-state index in [0.29, 0.717) is 10.0 Å². The number of benzene rings is 2. The van der Waals surface area contributed by atoms with Crippen LogP contribution in [-0.4, -0.2) is 4.98 Å². The Labute approximate surface area is 140 Å². The summed E-state index contributed by atoms with van der Waals surface area (Å²) in [5.41, 5.74) is 4.58. The van der Waals surface area contributed by atoms with Gasteiger partial charge in [-0.15, -0.1) is 0 Å². The first-order valence-electron chi connectivity index (χ1n) is 7.16. The molecule has 3 rings (SSSR count). The molecule has 2 aromatic carbocycles. The number of hydrogen-bond acceptors (Lipinski definition) is 1. The third-order valence-corrected chi connectivity index (χ3v) is 3.98. The molecule has 0 aliphatic rings. The van der Waals surface area contributed by atoms with E-state index in [1.165, 1.54) is 5.56 Å². The van der Waals surface area contributed by atoms with Gasteiger partial charge >= 0.3 is 0 Å². The van der Waals surface area contributed by atoms with Crippen LogP contribution in [0.15, 0.2) is 66.9 Å². The first kappa shape index (κ1) is 15.1. The molecule has 3 heteroatoms. The van der Waals surface area contributed by atoms with Gasteiger partial charge in [0.05, 0.1) is 5.69 Å². The van der Waals surface area contributed by atoms with Gasteiger partial charge < -0.3 is 0 Å². The van der Waals surface area contributed by atoms with Crippen molar-refractivity contribution in [1.29, 1.82) is 0 Å². The van der Waals surface area contributed by atoms with Crippen LogP contribution in [-0.2, 0) is 12.8 Å². The van der Waals surface area contributed by atoms with Crippen LogP contribution >= 0.6 is 23.2 Å². The van der Waals surface area contributed by atoms with Crippen molar-refractivity contribution in [3.63, 3.8) is 0 Å². The van der Waals surface area contributed by atoms with Crippen molar-refractivity contribution in [2.24, 2.45) is 0 Å². The summed E-state index contributed by atoms with van der Waals surface area (Å²) >= 11 is 12.1. The monoisotopic (exact) mass is 327 g/mol. The Morgan fingerprint density at radius 1 is 0.727 bits per heavy atom. The lowest BCUT2D eigenvalue weighted by molar-refractivity contribution is 0.960. The second-order valence-corrected chi connectivity index (χ2v) is 6.06. The third kappa shape index (κ3) is 3.88. The fourth-order valence-electron chi connectivity index (χ4n) is 2.42. The van der Waals surface area contributed by atoms with Gasteiger partial charge in [0.1, 0.15) is 0 Å². The smallest absolute Gasteiger partial charge is 0.0701 e. The van der Waals surface area contributed by atoms with Crippen molar-refractivity contribution in [3.05, 3.63) is 88.0 Å². The highest BCUT2D eigenvalue weighted by molar-refractivity contribution is 6.34. The van der Waals surface area contributed by atoms with Gasteiger partial charge in [0, 0.05) is 21.8 Å².